The van der Waals surface area contributed by atoms with Gasteiger partial charge >= 0.3 is 0 Å². The second-order valence-electron chi connectivity index (χ2n) is 10.9. The number of nitrogens with zero attached hydrogens (tertiary/aromatic N) is 2. The van der Waals surface area contributed by atoms with Crippen LogP contribution < -0.4 is 15.4 Å². The van der Waals surface area contributed by atoms with Gasteiger partial charge in [0.2, 0.25) is 0 Å². The van der Waals surface area contributed by atoms with Crippen molar-refractivity contribution < 1.29 is 18.7 Å². The number of hydrogen-bond acceptors (Lipinski definition) is 4. The lowest BCUT2D eigenvalue weighted by Gasteiger charge is -2.22. The molecule has 0 saturated heterocycles. The van der Waals surface area contributed by atoms with Gasteiger partial charge in [0.05, 0.1) is 17.6 Å². The highest BCUT2D eigenvalue weighted by Crippen LogP contribution is 2.31. The predicted molar refractivity (Wildman–Crippen MR) is 161 cm³/mol. The van der Waals surface area contributed by atoms with Crippen molar-refractivity contribution in [1.29, 1.82) is 0 Å². The van der Waals surface area contributed by atoms with Gasteiger partial charge in [-0.05, 0) is 73.5 Å². The molecule has 7 nitrogen and oxygen atoms in total. The normalized spacial score (nSPS) is 16.0. The van der Waals surface area contributed by atoms with E-state index in [2.05, 4.69) is 15.3 Å². The molecule has 0 radical (unpaired) electrons. The van der Waals surface area contributed by atoms with Crippen molar-refractivity contribution in [1.82, 2.24) is 20.2 Å². The zero-order valence-corrected chi connectivity index (χ0v) is 24.4. The van der Waals surface area contributed by atoms with E-state index in [0.29, 0.717) is 50.5 Å². The predicted octanol–water partition coefficient (Wildman–Crippen LogP) is 5.71. The highest BCUT2D eigenvalue weighted by atomic mass is 31.1. The number of ether oxygens (including phenoxy) is 1. The maximum Gasteiger partial charge on any atom is 0.287 e. The van der Waals surface area contributed by atoms with Crippen molar-refractivity contribution in [2.45, 2.75) is 51.6 Å². The summed E-state index contributed by atoms with van der Waals surface area (Å²) in [5.41, 5.74) is 5.09. The molecule has 1 unspecified atom stereocenters. The van der Waals surface area contributed by atoms with Gasteiger partial charge in [0.25, 0.3) is 11.8 Å². The Bertz CT molecular complexity index is 1630. The quantitative estimate of drug-likeness (QED) is 0.300. The number of hydrogen-bond donors (Lipinski definition) is 2. The molecule has 6 rings (SSSR count). The number of carbonyl (C=O) groups is 2. The van der Waals surface area contributed by atoms with Gasteiger partial charge in [-0.3, -0.25) is 9.59 Å². The number of amides is 2. The van der Waals surface area contributed by atoms with Crippen LogP contribution in [0.2, 0.25) is 0 Å². The topological polar surface area (TPSA) is 87.3 Å². The first-order valence-electron chi connectivity index (χ1n) is 14.2. The first-order chi connectivity index (χ1) is 19.9. The van der Waals surface area contributed by atoms with Gasteiger partial charge in [0.15, 0.2) is 5.82 Å². The number of halogens is 1. The summed E-state index contributed by atoms with van der Waals surface area (Å²) in [5, 5.41) is 3.76. The summed E-state index contributed by atoms with van der Waals surface area (Å²) < 4.78 is 20.8. The third kappa shape index (κ3) is 5.58. The molecule has 3 aromatic carbocycles. The van der Waals surface area contributed by atoms with Crippen LogP contribution in [0, 0.1) is 12.7 Å². The molecule has 1 saturated carbocycles. The summed E-state index contributed by atoms with van der Waals surface area (Å²) in [5.74, 6) is 0.396. The number of aromatic amines is 1. The van der Waals surface area contributed by atoms with E-state index >= 15 is 0 Å². The molecular formula is C32H34FN4O3P. The molecule has 1 aliphatic carbocycles. The average Bonchev–Trinajstić information content (AvgIpc) is 3.31. The molecule has 212 valence electrons. The Morgan fingerprint density at radius 2 is 1.85 bits per heavy atom. The van der Waals surface area contributed by atoms with E-state index in [1.165, 1.54) is 6.42 Å². The number of fused-ring (bicyclic) bond motifs is 2. The van der Waals surface area contributed by atoms with Crippen LogP contribution in [-0.2, 0) is 6.54 Å². The molecule has 1 atom stereocenters. The van der Waals surface area contributed by atoms with Gasteiger partial charge in [-0.15, -0.1) is 0 Å². The Morgan fingerprint density at radius 1 is 1.07 bits per heavy atom. The standard InChI is InChI=1S/C32H34FN4O3P/c1-19-24(10-13-28(41-2)29(19)33)32(39)37-14-15-40-27-12-9-20(16-22(27)18-37)21-8-11-25-26(17-21)36-30(35-25)31(38)34-23-6-4-3-5-7-23/h8-13,16-17,23,41H,3-7,14-15,18H2,1-2H3,(H,34,38)(H,35,36). The Morgan fingerprint density at radius 3 is 2.66 bits per heavy atom. The van der Waals surface area contributed by atoms with Crippen LogP contribution in [0.5, 0.6) is 5.75 Å². The van der Waals surface area contributed by atoms with E-state index in [0.717, 1.165) is 59.2 Å². The van der Waals surface area contributed by atoms with Gasteiger partial charge in [-0.2, -0.15) is 0 Å². The van der Waals surface area contributed by atoms with Gasteiger partial charge in [-0.1, -0.05) is 46.0 Å². The summed E-state index contributed by atoms with van der Waals surface area (Å²) in [6.45, 7) is 4.73. The van der Waals surface area contributed by atoms with E-state index in [9.17, 15) is 14.0 Å². The molecule has 2 amide bonds. The van der Waals surface area contributed by atoms with Crippen LogP contribution >= 0.6 is 8.58 Å². The first kappa shape index (κ1) is 27.4. The van der Waals surface area contributed by atoms with Crippen LogP contribution in [0.1, 0.15) is 64.2 Å². The summed E-state index contributed by atoms with van der Waals surface area (Å²) in [4.78, 5) is 35.7. The number of rotatable bonds is 5. The fourth-order valence-electron chi connectivity index (χ4n) is 5.82. The Labute approximate surface area is 240 Å². The Hall–Kier alpha value is -3.77. The van der Waals surface area contributed by atoms with Crippen LogP contribution in [0.3, 0.4) is 0 Å². The Balaban J connectivity index is 1.23. The lowest BCUT2D eigenvalue weighted by atomic mass is 9.95. The monoisotopic (exact) mass is 572 g/mol. The molecule has 1 fully saturated rings. The van der Waals surface area contributed by atoms with Gasteiger partial charge in [-0.25, -0.2) is 9.37 Å². The molecule has 4 aromatic rings. The van der Waals surface area contributed by atoms with Crippen molar-refractivity contribution in [3.05, 3.63) is 76.9 Å². The fraction of sp³-hybridized carbons (Fsp3) is 0.344. The number of benzene rings is 3. The second kappa shape index (κ2) is 11.6. The highest BCUT2D eigenvalue weighted by molar-refractivity contribution is 7.46. The van der Waals surface area contributed by atoms with E-state index in [1.54, 1.807) is 24.0 Å². The summed E-state index contributed by atoms with van der Waals surface area (Å²) in [6.07, 6.45) is 5.56. The summed E-state index contributed by atoms with van der Waals surface area (Å²) >= 11 is 0. The molecule has 0 spiro atoms. The molecular weight excluding hydrogens is 538 g/mol. The molecule has 1 aliphatic heterocycles. The van der Waals surface area contributed by atoms with E-state index in [1.807, 2.05) is 43.1 Å². The molecule has 9 heteroatoms. The molecule has 2 N–H and O–H groups in total. The minimum Gasteiger partial charge on any atom is -0.491 e. The van der Waals surface area contributed by atoms with Crippen molar-refractivity contribution in [3.8, 4) is 16.9 Å². The fourth-order valence-corrected chi connectivity index (χ4v) is 6.48. The lowest BCUT2D eigenvalue weighted by molar-refractivity contribution is 0.0731. The van der Waals surface area contributed by atoms with Crippen LogP contribution in [0.25, 0.3) is 22.2 Å². The van der Waals surface area contributed by atoms with Crippen LogP contribution in [-0.4, -0.2) is 52.5 Å². The van der Waals surface area contributed by atoms with Crippen LogP contribution in [0.4, 0.5) is 4.39 Å². The molecule has 1 aromatic heterocycles. The largest absolute Gasteiger partial charge is 0.491 e. The maximum absolute atomic E-state index is 14.8. The smallest absolute Gasteiger partial charge is 0.287 e. The van der Waals surface area contributed by atoms with Crippen molar-refractivity contribution in [2.75, 3.05) is 19.8 Å². The number of carbonyl (C=O) groups excluding carboxylic acids is 2. The summed E-state index contributed by atoms with van der Waals surface area (Å²) in [7, 11) is 0.329. The zero-order valence-electron chi connectivity index (χ0n) is 23.4. The van der Waals surface area contributed by atoms with Crippen molar-refractivity contribution in [3.63, 3.8) is 0 Å². The number of aromatic nitrogens is 2. The van der Waals surface area contributed by atoms with E-state index in [-0.39, 0.29) is 23.7 Å². The Kier molecular flexibility index (Phi) is 7.76. The third-order valence-electron chi connectivity index (χ3n) is 8.18. The lowest BCUT2D eigenvalue weighted by Crippen LogP contribution is -2.36. The third-order valence-corrected chi connectivity index (χ3v) is 9.11. The SMILES string of the molecule is CPc1ccc(C(=O)N2CCOc3ccc(-c4ccc5nc(C(=O)NC6CCCCC6)[nH]c5c4)cc3C2)c(C)c1F. The second-order valence-corrected chi connectivity index (χ2v) is 11.9. The highest BCUT2D eigenvalue weighted by Gasteiger charge is 2.25. The molecule has 0 bridgehead atoms. The first-order valence-corrected chi connectivity index (χ1v) is 15.7. The minimum absolute atomic E-state index is 0.165. The summed E-state index contributed by atoms with van der Waals surface area (Å²) in [6, 6.07) is 15.5. The number of imidazole rings is 1. The average molecular weight is 573 g/mol. The van der Waals surface area contributed by atoms with E-state index < -0.39 is 0 Å². The van der Waals surface area contributed by atoms with Gasteiger partial charge in [0.1, 0.15) is 18.2 Å². The number of H-pyrrole nitrogens is 1. The minimum atomic E-state index is -0.297. The number of nitrogens with one attached hydrogen (secondary N) is 2. The zero-order chi connectivity index (χ0) is 28.5. The van der Waals surface area contributed by atoms with Gasteiger partial charge in [0, 0.05) is 29.0 Å². The van der Waals surface area contributed by atoms with Gasteiger partial charge < -0.3 is 19.9 Å². The molecule has 41 heavy (non-hydrogen) atoms. The molecule has 2 aliphatic rings. The maximum atomic E-state index is 14.8. The van der Waals surface area contributed by atoms with Crippen molar-refractivity contribution >= 4 is 36.7 Å². The van der Waals surface area contributed by atoms with E-state index in [4.69, 9.17) is 4.74 Å². The van der Waals surface area contributed by atoms with Crippen molar-refractivity contribution in [2.24, 2.45) is 0 Å². The molecule has 2 heterocycles. The van der Waals surface area contributed by atoms with Crippen LogP contribution in [0.15, 0.2) is 48.5 Å².